The van der Waals surface area contributed by atoms with E-state index in [4.69, 9.17) is 24.3 Å². The molecule has 0 bridgehead atoms. The SMILES string of the molecule is CCOP(COCC1OC(n2ccc(N)nc2=O)C(O)C1O)OCC. The van der Waals surface area contributed by atoms with Crippen LogP contribution in [-0.2, 0) is 18.5 Å². The third-order valence-electron chi connectivity index (χ3n) is 3.49. The standard InChI is InChI=1S/C14H24N3O7P/c1-3-22-25(23-4-2)8-21-7-9-11(18)12(19)13(24-9)17-6-5-10(15)16-14(17)20/h5-6,9,11-13,18-19H,3-4,7-8H2,1-2H3,(H2,15,16,20). The minimum absolute atomic E-state index is 0.0187. The van der Waals surface area contributed by atoms with Gasteiger partial charge < -0.3 is 34.5 Å². The van der Waals surface area contributed by atoms with Crippen LogP contribution >= 0.6 is 8.38 Å². The second kappa shape index (κ2) is 9.54. The minimum atomic E-state index is -1.29. The molecule has 25 heavy (non-hydrogen) atoms. The van der Waals surface area contributed by atoms with E-state index in [1.807, 2.05) is 13.8 Å². The zero-order chi connectivity index (χ0) is 18.4. The van der Waals surface area contributed by atoms with Crippen molar-refractivity contribution in [3.63, 3.8) is 0 Å². The van der Waals surface area contributed by atoms with Crippen molar-refractivity contribution in [2.45, 2.75) is 38.4 Å². The van der Waals surface area contributed by atoms with Crippen LogP contribution in [0.15, 0.2) is 17.1 Å². The molecular formula is C14H24N3O7P. The summed E-state index contributed by atoms with van der Waals surface area (Å²) in [7, 11) is -1.17. The lowest BCUT2D eigenvalue weighted by molar-refractivity contribution is -0.0642. The van der Waals surface area contributed by atoms with Gasteiger partial charge in [0.1, 0.15) is 30.5 Å². The fourth-order valence-electron chi connectivity index (χ4n) is 2.36. The number of ether oxygens (including phenoxy) is 2. The third-order valence-corrected chi connectivity index (χ3v) is 4.97. The molecule has 4 atom stereocenters. The van der Waals surface area contributed by atoms with E-state index in [0.29, 0.717) is 13.2 Å². The molecule has 0 aliphatic carbocycles. The number of rotatable bonds is 9. The summed E-state index contributed by atoms with van der Waals surface area (Å²) in [5.41, 5.74) is 4.77. The zero-order valence-electron chi connectivity index (χ0n) is 14.1. The number of aromatic nitrogens is 2. The van der Waals surface area contributed by atoms with Crippen LogP contribution in [0.5, 0.6) is 0 Å². The minimum Gasteiger partial charge on any atom is -0.387 e. The Kier molecular flexibility index (Phi) is 7.70. The average molecular weight is 377 g/mol. The Morgan fingerprint density at radius 3 is 2.60 bits per heavy atom. The summed E-state index contributed by atoms with van der Waals surface area (Å²) >= 11 is 0. The summed E-state index contributed by atoms with van der Waals surface area (Å²) in [5.74, 6) is 0.0642. The van der Waals surface area contributed by atoms with E-state index in [1.165, 1.54) is 12.3 Å². The predicted octanol–water partition coefficient (Wildman–Crippen LogP) is -0.196. The number of nitrogen functional groups attached to an aromatic ring is 1. The number of hydrogen-bond acceptors (Lipinski definition) is 9. The molecule has 0 saturated carbocycles. The molecular weight excluding hydrogens is 353 g/mol. The van der Waals surface area contributed by atoms with Gasteiger partial charge in [-0.25, -0.2) is 4.79 Å². The maximum absolute atomic E-state index is 11.9. The lowest BCUT2D eigenvalue weighted by atomic mass is 10.1. The Morgan fingerprint density at radius 2 is 2.00 bits per heavy atom. The first-order chi connectivity index (χ1) is 12.0. The highest BCUT2D eigenvalue weighted by Gasteiger charge is 2.44. The van der Waals surface area contributed by atoms with E-state index in [-0.39, 0.29) is 18.8 Å². The van der Waals surface area contributed by atoms with Gasteiger partial charge in [0.15, 0.2) is 14.6 Å². The van der Waals surface area contributed by atoms with Crippen LogP contribution in [0.2, 0.25) is 0 Å². The zero-order valence-corrected chi connectivity index (χ0v) is 15.0. The molecule has 1 saturated heterocycles. The number of hydrogen-bond donors (Lipinski definition) is 3. The van der Waals surface area contributed by atoms with Gasteiger partial charge in [-0.1, -0.05) is 0 Å². The smallest absolute Gasteiger partial charge is 0.351 e. The van der Waals surface area contributed by atoms with E-state index in [1.54, 1.807) is 0 Å². The second-order valence-corrected chi connectivity index (χ2v) is 6.70. The second-order valence-electron chi connectivity index (χ2n) is 5.26. The highest BCUT2D eigenvalue weighted by Crippen LogP contribution is 2.38. The molecule has 0 spiro atoms. The Bertz CT molecular complexity index is 596. The molecule has 2 rings (SSSR count). The van der Waals surface area contributed by atoms with E-state index in [0.717, 1.165) is 4.57 Å². The predicted molar refractivity (Wildman–Crippen MR) is 89.8 cm³/mol. The molecule has 0 amide bonds. The summed E-state index contributed by atoms with van der Waals surface area (Å²) in [6, 6.07) is 1.41. The van der Waals surface area contributed by atoms with Crippen molar-refractivity contribution in [2.75, 3.05) is 31.9 Å². The van der Waals surface area contributed by atoms with E-state index >= 15 is 0 Å². The van der Waals surface area contributed by atoms with Gasteiger partial charge >= 0.3 is 5.69 Å². The summed E-state index contributed by atoms with van der Waals surface area (Å²) in [6.07, 6.45) is -2.79. The van der Waals surface area contributed by atoms with Crippen LogP contribution in [0, 0.1) is 0 Å². The molecule has 0 aromatic carbocycles. The summed E-state index contributed by atoms with van der Waals surface area (Å²) in [5, 5.41) is 20.3. The number of aliphatic hydroxyl groups excluding tert-OH is 2. The number of aliphatic hydroxyl groups is 2. The molecule has 11 heteroatoms. The first-order valence-corrected chi connectivity index (χ1v) is 9.31. The molecule has 1 aromatic rings. The van der Waals surface area contributed by atoms with Gasteiger partial charge in [-0.2, -0.15) is 4.98 Å². The molecule has 4 unspecified atom stereocenters. The molecule has 1 aliphatic rings. The Labute approximate surface area is 146 Å². The topological polar surface area (TPSA) is 138 Å². The highest BCUT2D eigenvalue weighted by atomic mass is 31.2. The molecule has 1 aliphatic heterocycles. The van der Waals surface area contributed by atoms with Crippen LogP contribution in [0.4, 0.5) is 5.82 Å². The van der Waals surface area contributed by atoms with Crippen LogP contribution in [0.1, 0.15) is 20.1 Å². The van der Waals surface area contributed by atoms with E-state index in [2.05, 4.69) is 4.98 Å². The molecule has 1 fully saturated rings. The van der Waals surface area contributed by atoms with Crippen LogP contribution < -0.4 is 11.4 Å². The van der Waals surface area contributed by atoms with Gasteiger partial charge in [-0.05, 0) is 19.9 Å². The molecule has 0 radical (unpaired) electrons. The lowest BCUT2D eigenvalue weighted by Crippen LogP contribution is -2.36. The largest absolute Gasteiger partial charge is 0.387 e. The quantitative estimate of drug-likeness (QED) is 0.500. The Hall–Kier alpha value is -1.13. The first kappa shape index (κ1) is 20.2. The van der Waals surface area contributed by atoms with Crippen molar-refractivity contribution in [3.05, 3.63) is 22.7 Å². The number of anilines is 1. The van der Waals surface area contributed by atoms with Gasteiger partial charge in [0.05, 0.1) is 19.8 Å². The van der Waals surface area contributed by atoms with Crippen LogP contribution in [0.25, 0.3) is 0 Å². The fraction of sp³-hybridized carbons (Fsp3) is 0.714. The number of nitrogens with two attached hydrogens (primary N) is 1. The van der Waals surface area contributed by atoms with Crippen molar-refractivity contribution in [2.24, 2.45) is 0 Å². The molecule has 4 N–H and O–H groups in total. The number of nitrogens with zero attached hydrogens (tertiary/aromatic N) is 2. The maximum Gasteiger partial charge on any atom is 0.351 e. The maximum atomic E-state index is 11.9. The average Bonchev–Trinajstić information content (AvgIpc) is 2.84. The molecule has 2 heterocycles. The van der Waals surface area contributed by atoms with Crippen molar-refractivity contribution >= 4 is 14.2 Å². The Balaban J connectivity index is 1.94. The van der Waals surface area contributed by atoms with E-state index < -0.39 is 38.6 Å². The van der Waals surface area contributed by atoms with Crippen molar-refractivity contribution in [1.82, 2.24) is 9.55 Å². The molecule has 1 aromatic heterocycles. The van der Waals surface area contributed by atoms with Gasteiger partial charge in [0.2, 0.25) is 0 Å². The van der Waals surface area contributed by atoms with Gasteiger partial charge in [-0.3, -0.25) is 4.57 Å². The van der Waals surface area contributed by atoms with Crippen molar-refractivity contribution in [1.29, 1.82) is 0 Å². The lowest BCUT2D eigenvalue weighted by Gasteiger charge is -2.18. The molecule has 10 nitrogen and oxygen atoms in total. The van der Waals surface area contributed by atoms with Gasteiger partial charge in [0.25, 0.3) is 0 Å². The molecule has 142 valence electrons. The van der Waals surface area contributed by atoms with Gasteiger partial charge in [0, 0.05) is 6.20 Å². The highest BCUT2D eigenvalue weighted by molar-refractivity contribution is 7.47. The first-order valence-electron chi connectivity index (χ1n) is 7.95. The normalized spacial score (nSPS) is 26.4. The fourth-order valence-corrected chi connectivity index (χ4v) is 3.41. The Morgan fingerprint density at radius 1 is 1.32 bits per heavy atom. The van der Waals surface area contributed by atoms with Crippen LogP contribution in [-0.4, -0.2) is 64.2 Å². The van der Waals surface area contributed by atoms with E-state index in [9.17, 15) is 15.0 Å². The third kappa shape index (κ3) is 5.18. The summed E-state index contributed by atoms with van der Waals surface area (Å²) in [6.45, 7) is 4.75. The summed E-state index contributed by atoms with van der Waals surface area (Å²) in [4.78, 5) is 15.5. The van der Waals surface area contributed by atoms with Crippen LogP contribution in [0.3, 0.4) is 0 Å². The van der Waals surface area contributed by atoms with Crippen molar-refractivity contribution < 1.29 is 28.7 Å². The summed E-state index contributed by atoms with van der Waals surface area (Å²) < 4.78 is 23.0. The van der Waals surface area contributed by atoms with Crippen molar-refractivity contribution in [3.8, 4) is 0 Å². The van der Waals surface area contributed by atoms with Gasteiger partial charge in [-0.15, -0.1) is 0 Å². The monoisotopic (exact) mass is 377 g/mol.